The van der Waals surface area contributed by atoms with Gasteiger partial charge in [0.1, 0.15) is 0 Å². The van der Waals surface area contributed by atoms with E-state index >= 15 is 0 Å². The van der Waals surface area contributed by atoms with Crippen LogP contribution in [0.15, 0.2) is 0 Å². The van der Waals surface area contributed by atoms with E-state index in [0.29, 0.717) is 37.4 Å². The fraction of sp³-hybridized carbons (Fsp3) is 1.00. The van der Waals surface area contributed by atoms with Crippen LogP contribution < -0.4 is 0 Å². The fourth-order valence-electron chi connectivity index (χ4n) is 2.50. The van der Waals surface area contributed by atoms with E-state index in [9.17, 15) is 8.42 Å². The van der Waals surface area contributed by atoms with E-state index in [4.69, 9.17) is 11.6 Å². The van der Waals surface area contributed by atoms with Gasteiger partial charge in [-0.2, -0.15) is 0 Å². The zero-order valence-electron chi connectivity index (χ0n) is 13.0. The molecule has 0 N–H and O–H groups in total. The van der Waals surface area contributed by atoms with Crippen LogP contribution in [0.25, 0.3) is 0 Å². The molecule has 20 heavy (non-hydrogen) atoms. The summed E-state index contributed by atoms with van der Waals surface area (Å²) >= 11 is 5.60. The highest BCUT2D eigenvalue weighted by Gasteiger charge is 2.28. The maximum absolute atomic E-state index is 12.2. The predicted molar refractivity (Wildman–Crippen MR) is 85.8 cm³/mol. The lowest BCUT2D eigenvalue weighted by molar-refractivity contribution is 0.182. The first-order valence-electron chi connectivity index (χ1n) is 7.61. The third-order valence-electron chi connectivity index (χ3n) is 4.18. The molecular weight excluding hydrogens is 296 g/mol. The number of unbranched alkanes of at least 4 members (excludes halogenated alkanes) is 1. The van der Waals surface area contributed by atoms with E-state index in [2.05, 4.69) is 25.8 Å². The summed E-state index contributed by atoms with van der Waals surface area (Å²) in [6.45, 7) is 6.81. The van der Waals surface area contributed by atoms with Crippen molar-refractivity contribution >= 4 is 21.6 Å². The van der Waals surface area contributed by atoms with E-state index in [0.717, 1.165) is 25.8 Å². The van der Waals surface area contributed by atoms with Crippen molar-refractivity contribution in [3.05, 3.63) is 0 Å². The molecule has 0 atom stereocenters. The van der Waals surface area contributed by atoms with Crippen LogP contribution in [-0.2, 0) is 10.0 Å². The summed E-state index contributed by atoms with van der Waals surface area (Å²) in [4.78, 5) is 2.34. The normalized spacial score (nSPS) is 19.1. The number of hydrogen-bond donors (Lipinski definition) is 0. The van der Waals surface area contributed by atoms with Crippen molar-refractivity contribution in [1.82, 2.24) is 9.21 Å². The Kier molecular flexibility index (Phi) is 7.80. The van der Waals surface area contributed by atoms with Crippen LogP contribution in [-0.4, -0.2) is 62.0 Å². The minimum Gasteiger partial charge on any atom is -0.304 e. The molecular formula is C14H29ClN2O2S. The van der Waals surface area contributed by atoms with Crippen LogP contribution >= 0.6 is 11.6 Å². The second-order valence-corrected chi connectivity index (χ2v) is 8.55. The minimum absolute atomic E-state index is 0.246. The van der Waals surface area contributed by atoms with Gasteiger partial charge in [0.15, 0.2) is 0 Å². The quantitative estimate of drug-likeness (QED) is 0.508. The van der Waals surface area contributed by atoms with Gasteiger partial charge in [-0.25, -0.2) is 12.7 Å². The highest BCUT2D eigenvalue weighted by atomic mass is 35.5. The van der Waals surface area contributed by atoms with Crippen LogP contribution in [0, 0.1) is 5.92 Å². The monoisotopic (exact) mass is 324 g/mol. The van der Waals surface area contributed by atoms with E-state index in [1.54, 1.807) is 4.31 Å². The smallest absolute Gasteiger partial charge is 0.214 e. The second kappa shape index (κ2) is 8.57. The van der Waals surface area contributed by atoms with E-state index < -0.39 is 10.0 Å². The average molecular weight is 325 g/mol. The average Bonchev–Trinajstić information content (AvgIpc) is 2.39. The molecule has 0 saturated carbocycles. The molecule has 0 radical (unpaired) electrons. The van der Waals surface area contributed by atoms with Crippen LogP contribution in [0.3, 0.4) is 0 Å². The van der Waals surface area contributed by atoms with Gasteiger partial charge in [-0.3, -0.25) is 0 Å². The lowest BCUT2D eigenvalue weighted by Crippen LogP contribution is -2.42. The topological polar surface area (TPSA) is 40.6 Å². The molecule has 0 bridgehead atoms. The lowest BCUT2D eigenvalue weighted by Gasteiger charge is -2.34. The zero-order valence-corrected chi connectivity index (χ0v) is 14.6. The van der Waals surface area contributed by atoms with Gasteiger partial charge in [0, 0.05) is 31.6 Å². The first-order chi connectivity index (χ1) is 9.36. The Morgan fingerprint density at radius 3 is 2.35 bits per heavy atom. The molecule has 0 aliphatic carbocycles. The minimum atomic E-state index is -3.06. The van der Waals surface area contributed by atoms with Crippen LogP contribution in [0.4, 0.5) is 0 Å². The summed E-state index contributed by atoms with van der Waals surface area (Å²) in [6, 6.07) is 0.548. The van der Waals surface area contributed by atoms with Gasteiger partial charge < -0.3 is 4.90 Å². The summed E-state index contributed by atoms with van der Waals surface area (Å²) in [5.41, 5.74) is 0. The number of nitrogens with zero attached hydrogens (tertiary/aromatic N) is 2. The van der Waals surface area contributed by atoms with Crippen molar-refractivity contribution in [3.8, 4) is 0 Å². The van der Waals surface area contributed by atoms with Crippen LogP contribution in [0.2, 0.25) is 0 Å². The number of alkyl halides is 1. The molecule has 1 heterocycles. The van der Waals surface area contributed by atoms with Crippen molar-refractivity contribution in [1.29, 1.82) is 0 Å². The van der Waals surface area contributed by atoms with Crippen LogP contribution in [0.1, 0.15) is 39.5 Å². The molecule has 1 aliphatic heterocycles. The van der Waals surface area contributed by atoms with Gasteiger partial charge in [-0.1, -0.05) is 0 Å². The van der Waals surface area contributed by atoms with E-state index in [1.807, 2.05) is 0 Å². The third kappa shape index (κ3) is 5.88. The van der Waals surface area contributed by atoms with Gasteiger partial charge in [0.2, 0.25) is 10.0 Å². The lowest BCUT2D eigenvalue weighted by atomic mass is 9.97. The summed E-state index contributed by atoms with van der Waals surface area (Å²) in [6.07, 6.45) is 3.40. The Balaban J connectivity index is 2.37. The summed E-state index contributed by atoms with van der Waals surface area (Å²) in [5, 5.41) is 0. The Hall–Kier alpha value is 0.160. The fourth-order valence-corrected chi connectivity index (χ4v) is 4.28. The highest BCUT2D eigenvalue weighted by Crippen LogP contribution is 2.21. The second-order valence-electron chi connectivity index (χ2n) is 6.09. The van der Waals surface area contributed by atoms with E-state index in [1.165, 1.54) is 0 Å². The zero-order chi connectivity index (χ0) is 15.2. The molecule has 6 heteroatoms. The van der Waals surface area contributed by atoms with Crippen molar-refractivity contribution < 1.29 is 8.42 Å². The Morgan fingerprint density at radius 2 is 1.85 bits per heavy atom. The Morgan fingerprint density at radius 1 is 1.25 bits per heavy atom. The van der Waals surface area contributed by atoms with Crippen molar-refractivity contribution in [2.24, 2.45) is 5.92 Å². The molecule has 0 aromatic heterocycles. The largest absolute Gasteiger partial charge is 0.304 e. The number of sulfonamides is 1. The van der Waals surface area contributed by atoms with Gasteiger partial charge >= 0.3 is 0 Å². The standard InChI is InChI=1S/C14H29ClN2O2S/c1-13(2)16(3)12-14-6-9-17(10-7-14)20(18,19)11-5-4-8-15/h13-14H,4-12H2,1-3H3. The summed E-state index contributed by atoms with van der Waals surface area (Å²) in [7, 11) is -0.924. The highest BCUT2D eigenvalue weighted by molar-refractivity contribution is 7.89. The van der Waals surface area contributed by atoms with Gasteiger partial charge in [-0.05, 0) is 52.5 Å². The summed E-state index contributed by atoms with van der Waals surface area (Å²) < 4.78 is 26.0. The number of halogens is 1. The molecule has 1 rings (SSSR count). The van der Waals surface area contributed by atoms with Crippen molar-refractivity contribution in [3.63, 3.8) is 0 Å². The van der Waals surface area contributed by atoms with Gasteiger partial charge in [0.25, 0.3) is 0 Å². The maximum Gasteiger partial charge on any atom is 0.214 e. The Bertz CT molecular complexity index is 365. The van der Waals surface area contributed by atoms with E-state index in [-0.39, 0.29) is 5.75 Å². The third-order valence-corrected chi connectivity index (χ3v) is 6.40. The number of hydrogen-bond acceptors (Lipinski definition) is 3. The predicted octanol–water partition coefficient (Wildman–Crippen LogP) is 2.39. The first-order valence-corrected chi connectivity index (χ1v) is 9.75. The molecule has 0 amide bonds. The molecule has 1 fully saturated rings. The molecule has 1 aliphatic rings. The molecule has 120 valence electrons. The van der Waals surface area contributed by atoms with Crippen LogP contribution in [0.5, 0.6) is 0 Å². The molecule has 1 saturated heterocycles. The molecule has 0 spiro atoms. The number of rotatable bonds is 8. The molecule has 0 unspecified atom stereocenters. The molecule has 0 aromatic carbocycles. The number of piperidine rings is 1. The molecule has 0 aromatic rings. The Labute approximate surface area is 129 Å². The maximum atomic E-state index is 12.2. The SMILES string of the molecule is CC(C)N(C)CC1CCN(S(=O)(=O)CCCCCl)CC1. The molecule has 4 nitrogen and oxygen atoms in total. The van der Waals surface area contributed by atoms with Crippen molar-refractivity contribution in [2.45, 2.75) is 45.6 Å². The summed E-state index contributed by atoms with van der Waals surface area (Å²) in [5.74, 6) is 1.41. The van der Waals surface area contributed by atoms with Gasteiger partial charge in [-0.15, -0.1) is 11.6 Å². The van der Waals surface area contributed by atoms with Gasteiger partial charge in [0.05, 0.1) is 5.75 Å². The first kappa shape index (κ1) is 18.2. The van der Waals surface area contributed by atoms with Crippen molar-refractivity contribution in [2.75, 3.05) is 38.3 Å².